The molecule has 0 saturated carbocycles. The van der Waals surface area contributed by atoms with E-state index in [2.05, 4.69) is 27.3 Å². The van der Waals surface area contributed by atoms with Crippen molar-refractivity contribution in [3.63, 3.8) is 0 Å². The summed E-state index contributed by atoms with van der Waals surface area (Å²) in [6.45, 7) is 0. The highest BCUT2D eigenvalue weighted by atomic mass is 79.9. The maximum absolute atomic E-state index is 13.5. The summed E-state index contributed by atoms with van der Waals surface area (Å²) in [5.41, 5.74) is 1.38. The number of para-hydroxylation sites is 1. The van der Waals surface area contributed by atoms with Crippen molar-refractivity contribution in [3.05, 3.63) is 58.3 Å². The smallest absolute Gasteiger partial charge is 0.146 e. The van der Waals surface area contributed by atoms with Crippen LogP contribution in [0.15, 0.2) is 46.9 Å². The average Bonchev–Trinajstić information content (AvgIpc) is 2.32. The summed E-state index contributed by atoms with van der Waals surface area (Å²) in [4.78, 5) is 0. The number of nitriles is 1. The Kier molecular flexibility index (Phi) is 3.40. The van der Waals surface area contributed by atoms with Gasteiger partial charge in [0.25, 0.3) is 0 Å². The van der Waals surface area contributed by atoms with E-state index in [0.717, 1.165) is 0 Å². The summed E-state index contributed by atoms with van der Waals surface area (Å²) < 4.78 is 14.1. The highest BCUT2D eigenvalue weighted by molar-refractivity contribution is 9.10. The van der Waals surface area contributed by atoms with Crippen molar-refractivity contribution >= 4 is 27.3 Å². The number of rotatable bonds is 2. The standard InChI is InChI=1S/C13H8BrFN2/c14-10-4-3-7-12(9(10)8-16)17-13-6-2-1-5-11(13)15/h1-7,17H. The average molecular weight is 291 g/mol. The molecular weight excluding hydrogens is 283 g/mol. The Morgan fingerprint density at radius 3 is 2.47 bits per heavy atom. The number of nitrogens with one attached hydrogen (secondary N) is 1. The van der Waals surface area contributed by atoms with Gasteiger partial charge in [-0.3, -0.25) is 0 Å². The van der Waals surface area contributed by atoms with Crippen LogP contribution in [0.25, 0.3) is 0 Å². The first kappa shape index (κ1) is 11.6. The number of hydrogen-bond acceptors (Lipinski definition) is 2. The zero-order valence-electron chi connectivity index (χ0n) is 8.74. The molecule has 2 rings (SSSR count). The fraction of sp³-hybridized carbons (Fsp3) is 0. The first-order valence-electron chi connectivity index (χ1n) is 4.92. The topological polar surface area (TPSA) is 35.8 Å². The summed E-state index contributed by atoms with van der Waals surface area (Å²) in [7, 11) is 0. The van der Waals surface area contributed by atoms with E-state index in [1.54, 1.807) is 36.4 Å². The molecular formula is C13H8BrFN2. The number of anilines is 2. The van der Waals surface area contributed by atoms with Crippen molar-refractivity contribution < 1.29 is 4.39 Å². The molecule has 2 nitrogen and oxygen atoms in total. The van der Waals surface area contributed by atoms with Crippen LogP contribution in [0, 0.1) is 17.1 Å². The molecule has 0 saturated heterocycles. The minimum Gasteiger partial charge on any atom is -0.352 e. The molecule has 0 aromatic heterocycles. The van der Waals surface area contributed by atoms with Crippen LogP contribution in [0.1, 0.15) is 5.56 Å². The van der Waals surface area contributed by atoms with Crippen LogP contribution in [0.2, 0.25) is 0 Å². The molecule has 0 atom stereocenters. The summed E-state index contributed by atoms with van der Waals surface area (Å²) in [5, 5.41) is 11.9. The molecule has 0 aliphatic carbocycles. The van der Waals surface area contributed by atoms with Gasteiger partial charge in [-0.15, -0.1) is 0 Å². The maximum Gasteiger partial charge on any atom is 0.146 e. The van der Waals surface area contributed by atoms with Gasteiger partial charge in [-0.25, -0.2) is 4.39 Å². The highest BCUT2D eigenvalue weighted by Crippen LogP contribution is 2.27. The molecule has 0 radical (unpaired) electrons. The minimum absolute atomic E-state index is 0.349. The van der Waals surface area contributed by atoms with Gasteiger partial charge in [0.15, 0.2) is 0 Å². The molecule has 17 heavy (non-hydrogen) atoms. The van der Waals surface area contributed by atoms with Crippen LogP contribution in [0.3, 0.4) is 0 Å². The maximum atomic E-state index is 13.5. The Bertz CT molecular complexity index is 590. The molecule has 0 aliphatic heterocycles. The van der Waals surface area contributed by atoms with Crippen molar-refractivity contribution in [1.29, 1.82) is 5.26 Å². The lowest BCUT2D eigenvalue weighted by molar-refractivity contribution is 0.632. The van der Waals surface area contributed by atoms with E-state index >= 15 is 0 Å². The van der Waals surface area contributed by atoms with Crippen molar-refractivity contribution in [2.24, 2.45) is 0 Å². The number of hydrogen-bond donors (Lipinski definition) is 1. The second-order valence-electron chi connectivity index (χ2n) is 3.38. The zero-order chi connectivity index (χ0) is 12.3. The quantitative estimate of drug-likeness (QED) is 0.900. The Morgan fingerprint density at radius 1 is 1.06 bits per heavy atom. The summed E-state index contributed by atoms with van der Waals surface area (Å²) in [6, 6.07) is 13.7. The molecule has 0 bridgehead atoms. The van der Waals surface area contributed by atoms with Gasteiger partial charge in [-0.1, -0.05) is 18.2 Å². The molecule has 0 aliphatic rings. The van der Waals surface area contributed by atoms with Gasteiger partial charge in [0.1, 0.15) is 11.9 Å². The molecule has 0 amide bonds. The van der Waals surface area contributed by atoms with Crippen LogP contribution in [0.4, 0.5) is 15.8 Å². The Morgan fingerprint density at radius 2 is 1.76 bits per heavy atom. The van der Waals surface area contributed by atoms with Crippen molar-refractivity contribution in [2.45, 2.75) is 0 Å². The highest BCUT2D eigenvalue weighted by Gasteiger charge is 2.07. The Balaban J connectivity index is 2.41. The molecule has 0 fully saturated rings. The second kappa shape index (κ2) is 4.98. The zero-order valence-corrected chi connectivity index (χ0v) is 10.3. The monoisotopic (exact) mass is 290 g/mol. The number of halogens is 2. The van der Waals surface area contributed by atoms with E-state index in [4.69, 9.17) is 5.26 Å². The first-order valence-corrected chi connectivity index (χ1v) is 5.72. The van der Waals surface area contributed by atoms with Crippen molar-refractivity contribution in [1.82, 2.24) is 0 Å². The first-order chi connectivity index (χ1) is 8.22. The SMILES string of the molecule is N#Cc1c(Br)cccc1Nc1ccccc1F. The molecule has 1 N–H and O–H groups in total. The van der Waals surface area contributed by atoms with Crippen LogP contribution in [-0.2, 0) is 0 Å². The number of benzene rings is 2. The van der Waals surface area contributed by atoms with Crippen molar-refractivity contribution in [2.75, 3.05) is 5.32 Å². The van der Waals surface area contributed by atoms with Gasteiger partial charge in [0, 0.05) is 4.47 Å². The summed E-state index contributed by atoms with van der Waals surface area (Å²) >= 11 is 3.28. The summed E-state index contributed by atoms with van der Waals surface area (Å²) in [6.07, 6.45) is 0. The normalized spacial score (nSPS) is 9.71. The van der Waals surface area contributed by atoms with Crippen LogP contribution >= 0.6 is 15.9 Å². The van der Waals surface area contributed by atoms with Gasteiger partial charge in [0.2, 0.25) is 0 Å². The Labute approximate surface area is 107 Å². The van der Waals surface area contributed by atoms with Gasteiger partial charge in [-0.05, 0) is 40.2 Å². The predicted molar refractivity (Wildman–Crippen MR) is 68.5 cm³/mol. The van der Waals surface area contributed by atoms with Gasteiger partial charge < -0.3 is 5.32 Å². The molecule has 84 valence electrons. The van der Waals surface area contributed by atoms with E-state index in [1.807, 2.05) is 0 Å². The molecule has 2 aromatic rings. The lowest BCUT2D eigenvalue weighted by Crippen LogP contribution is -1.96. The largest absolute Gasteiger partial charge is 0.352 e. The fourth-order valence-corrected chi connectivity index (χ4v) is 1.90. The minimum atomic E-state index is -0.351. The van der Waals surface area contributed by atoms with E-state index in [-0.39, 0.29) is 5.82 Å². The van der Waals surface area contributed by atoms with E-state index in [0.29, 0.717) is 21.4 Å². The lowest BCUT2D eigenvalue weighted by atomic mass is 10.2. The Hall–Kier alpha value is -1.86. The fourth-order valence-electron chi connectivity index (χ4n) is 1.45. The van der Waals surface area contributed by atoms with Gasteiger partial charge >= 0.3 is 0 Å². The van der Waals surface area contributed by atoms with Crippen LogP contribution in [0.5, 0.6) is 0 Å². The lowest BCUT2D eigenvalue weighted by Gasteiger charge is -2.09. The summed E-state index contributed by atoms with van der Waals surface area (Å²) in [5.74, 6) is -0.351. The van der Waals surface area contributed by atoms with E-state index in [9.17, 15) is 4.39 Å². The van der Waals surface area contributed by atoms with Crippen LogP contribution < -0.4 is 5.32 Å². The van der Waals surface area contributed by atoms with Crippen molar-refractivity contribution in [3.8, 4) is 6.07 Å². The molecule has 4 heteroatoms. The molecule has 0 heterocycles. The third-order valence-electron chi connectivity index (χ3n) is 2.27. The van der Waals surface area contributed by atoms with E-state index in [1.165, 1.54) is 6.07 Å². The second-order valence-corrected chi connectivity index (χ2v) is 4.23. The molecule has 0 spiro atoms. The third-order valence-corrected chi connectivity index (χ3v) is 2.93. The van der Waals surface area contributed by atoms with Gasteiger partial charge in [0.05, 0.1) is 16.9 Å². The van der Waals surface area contributed by atoms with Crippen LogP contribution in [-0.4, -0.2) is 0 Å². The van der Waals surface area contributed by atoms with E-state index < -0.39 is 0 Å². The molecule has 2 aromatic carbocycles. The number of nitrogens with zero attached hydrogens (tertiary/aromatic N) is 1. The predicted octanol–water partition coefficient (Wildman–Crippen LogP) is 4.20. The van der Waals surface area contributed by atoms with Gasteiger partial charge in [-0.2, -0.15) is 5.26 Å². The molecule has 0 unspecified atom stereocenters. The third kappa shape index (κ3) is 2.45.